The molecule has 4 aromatic rings. The Bertz CT molecular complexity index is 1400. The van der Waals surface area contributed by atoms with E-state index in [0.29, 0.717) is 51.2 Å². The molecule has 7 nitrogen and oxygen atoms in total. The summed E-state index contributed by atoms with van der Waals surface area (Å²) in [4.78, 5) is 23.7. The number of nitrogens with zero attached hydrogens (tertiary/aromatic N) is 1. The van der Waals surface area contributed by atoms with Crippen LogP contribution in [0, 0.1) is 6.92 Å². The van der Waals surface area contributed by atoms with Crippen molar-refractivity contribution in [1.29, 1.82) is 0 Å². The Hall–Kier alpha value is -3.81. The molecule has 1 amide bonds. The molecule has 0 radical (unpaired) electrons. The summed E-state index contributed by atoms with van der Waals surface area (Å²) in [5, 5.41) is 17.0. The molecule has 2 N–H and O–H groups in total. The summed E-state index contributed by atoms with van der Waals surface area (Å²) in [5.74, 6) is -0.612. The van der Waals surface area contributed by atoms with Gasteiger partial charge in [-0.25, -0.2) is 9.59 Å². The lowest BCUT2D eigenvalue weighted by atomic mass is 10.0. The van der Waals surface area contributed by atoms with Crippen LogP contribution in [0.25, 0.3) is 11.3 Å². The topological polar surface area (TPSA) is 102 Å². The van der Waals surface area contributed by atoms with E-state index >= 15 is 0 Å². The Morgan fingerprint density at radius 3 is 2.44 bits per heavy atom. The van der Waals surface area contributed by atoms with Crippen molar-refractivity contribution in [3.63, 3.8) is 0 Å². The molecule has 0 aliphatic rings. The van der Waals surface area contributed by atoms with Crippen LogP contribution in [0.1, 0.15) is 32.7 Å². The fourth-order valence-corrected chi connectivity index (χ4v) is 4.06. The first-order chi connectivity index (χ1) is 17.3. The molecular formula is C27H22Cl2N2O5. The van der Waals surface area contributed by atoms with Crippen molar-refractivity contribution in [3.8, 4) is 11.3 Å². The van der Waals surface area contributed by atoms with Crippen LogP contribution in [-0.2, 0) is 17.6 Å². The normalized spacial score (nSPS) is 10.8. The third-order valence-electron chi connectivity index (χ3n) is 5.56. The van der Waals surface area contributed by atoms with E-state index < -0.39 is 12.1 Å². The number of anilines is 1. The molecular weight excluding hydrogens is 503 g/mol. The number of benzene rings is 3. The van der Waals surface area contributed by atoms with Crippen molar-refractivity contribution in [2.75, 3.05) is 11.9 Å². The van der Waals surface area contributed by atoms with E-state index in [2.05, 4.69) is 10.5 Å². The first kappa shape index (κ1) is 25.3. The minimum absolute atomic E-state index is 0.162. The van der Waals surface area contributed by atoms with E-state index in [0.717, 1.165) is 11.1 Å². The monoisotopic (exact) mass is 524 g/mol. The van der Waals surface area contributed by atoms with E-state index in [1.54, 1.807) is 25.1 Å². The predicted molar refractivity (Wildman–Crippen MR) is 138 cm³/mol. The number of carboxylic acid groups (broad SMARTS) is 1. The Kier molecular flexibility index (Phi) is 7.93. The number of aromatic carboxylic acids is 1. The molecule has 0 saturated heterocycles. The zero-order valence-corrected chi connectivity index (χ0v) is 20.8. The van der Waals surface area contributed by atoms with Gasteiger partial charge in [-0.05, 0) is 54.3 Å². The molecule has 1 aromatic heterocycles. The number of ether oxygens (including phenoxy) is 1. The highest BCUT2D eigenvalue weighted by atomic mass is 35.5. The number of aryl methyl sites for hydroxylation is 1. The lowest BCUT2D eigenvalue weighted by molar-refractivity contribution is 0.0696. The number of carboxylic acids is 1. The van der Waals surface area contributed by atoms with Gasteiger partial charge in [-0.2, -0.15) is 0 Å². The molecule has 0 aliphatic heterocycles. The maximum atomic E-state index is 12.4. The second-order valence-corrected chi connectivity index (χ2v) is 8.87. The summed E-state index contributed by atoms with van der Waals surface area (Å²) in [6.07, 6.45) is 0.321. The van der Waals surface area contributed by atoms with Crippen LogP contribution < -0.4 is 5.32 Å². The Balaban J connectivity index is 1.42. The van der Waals surface area contributed by atoms with E-state index in [9.17, 15) is 14.7 Å². The number of halogens is 2. The SMILES string of the molecule is Cc1noc(-c2ccc(Cc3cc(C(=O)O)ccc3Cl)cc2)c1NC(=O)OCCc1ccccc1Cl. The van der Waals surface area contributed by atoms with E-state index in [1.807, 2.05) is 42.5 Å². The minimum atomic E-state index is -1.01. The number of hydrogen-bond donors (Lipinski definition) is 2. The summed E-state index contributed by atoms with van der Waals surface area (Å²) in [7, 11) is 0. The summed E-state index contributed by atoms with van der Waals surface area (Å²) in [5.41, 5.74) is 4.34. The van der Waals surface area contributed by atoms with Crippen LogP contribution in [0.3, 0.4) is 0 Å². The number of amides is 1. The van der Waals surface area contributed by atoms with Gasteiger partial charge in [-0.1, -0.05) is 70.8 Å². The zero-order valence-electron chi connectivity index (χ0n) is 19.3. The molecule has 0 unspecified atom stereocenters. The third-order valence-corrected chi connectivity index (χ3v) is 6.29. The summed E-state index contributed by atoms with van der Waals surface area (Å²) in [6.45, 7) is 1.88. The minimum Gasteiger partial charge on any atom is -0.478 e. The highest BCUT2D eigenvalue weighted by Crippen LogP contribution is 2.32. The average molecular weight is 525 g/mol. The van der Waals surface area contributed by atoms with Crippen molar-refractivity contribution in [3.05, 3.63) is 105 Å². The van der Waals surface area contributed by atoms with Crippen LogP contribution >= 0.6 is 23.2 Å². The number of nitrogens with one attached hydrogen (secondary N) is 1. The van der Waals surface area contributed by atoms with Gasteiger partial charge < -0.3 is 14.4 Å². The Morgan fingerprint density at radius 1 is 1.00 bits per heavy atom. The summed E-state index contributed by atoms with van der Waals surface area (Å²) >= 11 is 12.4. The van der Waals surface area contributed by atoms with Crippen molar-refractivity contribution >= 4 is 41.0 Å². The summed E-state index contributed by atoms with van der Waals surface area (Å²) < 4.78 is 10.8. The zero-order chi connectivity index (χ0) is 25.7. The molecule has 0 spiro atoms. The van der Waals surface area contributed by atoms with Gasteiger partial charge in [-0.3, -0.25) is 5.32 Å². The summed E-state index contributed by atoms with van der Waals surface area (Å²) in [6, 6.07) is 19.4. The van der Waals surface area contributed by atoms with Gasteiger partial charge in [0.1, 0.15) is 11.4 Å². The van der Waals surface area contributed by atoms with E-state index in [1.165, 1.54) is 6.07 Å². The standard InChI is InChI=1S/C27H22Cl2N2O5/c1-16-24(30-27(34)35-13-12-18-4-2-3-5-22(18)28)25(36-31-16)19-8-6-17(7-9-19)14-21-15-20(26(32)33)10-11-23(21)29/h2-11,15H,12-14H2,1H3,(H,30,34)(H,32,33). The fourth-order valence-electron chi connectivity index (χ4n) is 3.64. The average Bonchev–Trinajstić information content (AvgIpc) is 3.22. The molecule has 1 heterocycles. The highest BCUT2D eigenvalue weighted by molar-refractivity contribution is 6.31. The number of carbonyl (C=O) groups is 2. The van der Waals surface area contributed by atoms with Crippen LogP contribution in [0.15, 0.2) is 71.3 Å². The third kappa shape index (κ3) is 6.05. The van der Waals surface area contributed by atoms with Gasteiger partial charge in [0, 0.05) is 22.0 Å². The molecule has 0 bridgehead atoms. The molecule has 9 heteroatoms. The molecule has 0 atom stereocenters. The molecule has 0 saturated carbocycles. The molecule has 0 aliphatic carbocycles. The van der Waals surface area contributed by atoms with Crippen LogP contribution in [0.5, 0.6) is 0 Å². The van der Waals surface area contributed by atoms with Crippen molar-refractivity contribution in [2.45, 2.75) is 19.8 Å². The van der Waals surface area contributed by atoms with Crippen LogP contribution in [-0.4, -0.2) is 28.9 Å². The predicted octanol–water partition coefficient (Wildman–Crippen LogP) is 7.04. The van der Waals surface area contributed by atoms with Gasteiger partial charge in [0.15, 0.2) is 5.76 Å². The first-order valence-corrected chi connectivity index (χ1v) is 11.8. The second-order valence-electron chi connectivity index (χ2n) is 8.06. The van der Waals surface area contributed by atoms with Crippen molar-refractivity contribution in [2.24, 2.45) is 0 Å². The molecule has 184 valence electrons. The Labute approximate surface area is 217 Å². The van der Waals surface area contributed by atoms with E-state index in [-0.39, 0.29) is 12.2 Å². The lowest BCUT2D eigenvalue weighted by Gasteiger charge is -2.09. The molecule has 36 heavy (non-hydrogen) atoms. The van der Waals surface area contributed by atoms with Crippen molar-refractivity contribution in [1.82, 2.24) is 5.16 Å². The maximum absolute atomic E-state index is 12.4. The second kappa shape index (κ2) is 11.3. The largest absolute Gasteiger partial charge is 0.478 e. The van der Waals surface area contributed by atoms with Gasteiger partial charge in [0.2, 0.25) is 0 Å². The molecule has 0 fully saturated rings. The number of carbonyl (C=O) groups excluding carboxylic acids is 1. The van der Waals surface area contributed by atoms with Gasteiger partial charge in [0.05, 0.1) is 12.2 Å². The Morgan fingerprint density at radius 2 is 1.72 bits per heavy atom. The highest BCUT2D eigenvalue weighted by Gasteiger charge is 2.18. The quantitative estimate of drug-likeness (QED) is 0.256. The number of hydrogen-bond acceptors (Lipinski definition) is 5. The molecule has 3 aromatic carbocycles. The maximum Gasteiger partial charge on any atom is 0.411 e. The van der Waals surface area contributed by atoms with Crippen LogP contribution in [0.4, 0.5) is 10.5 Å². The van der Waals surface area contributed by atoms with E-state index in [4.69, 9.17) is 32.5 Å². The number of aromatic nitrogens is 1. The fraction of sp³-hybridized carbons (Fsp3) is 0.148. The van der Waals surface area contributed by atoms with Gasteiger partial charge in [-0.15, -0.1) is 0 Å². The first-order valence-electron chi connectivity index (χ1n) is 11.1. The molecule has 4 rings (SSSR count). The smallest absolute Gasteiger partial charge is 0.411 e. The lowest BCUT2D eigenvalue weighted by Crippen LogP contribution is -2.16. The van der Waals surface area contributed by atoms with Gasteiger partial charge in [0.25, 0.3) is 0 Å². The van der Waals surface area contributed by atoms with Crippen LogP contribution in [0.2, 0.25) is 10.0 Å². The van der Waals surface area contributed by atoms with Gasteiger partial charge >= 0.3 is 12.1 Å². The van der Waals surface area contributed by atoms with Crippen molar-refractivity contribution < 1.29 is 24.0 Å². The number of rotatable bonds is 8.